The van der Waals surface area contributed by atoms with Crippen molar-refractivity contribution in [2.45, 2.75) is 19.8 Å². The van der Waals surface area contributed by atoms with E-state index in [-0.39, 0.29) is 28.3 Å². The zero-order valence-corrected chi connectivity index (χ0v) is 5.59. The first kappa shape index (κ1) is 9.84. The molecule has 0 spiro atoms. The van der Waals surface area contributed by atoms with Crippen molar-refractivity contribution >= 4 is 0 Å². The van der Waals surface area contributed by atoms with Gasteiger partial charge in [-0.25, -0.2) is 0 Å². The molecule has 0 aromatic rings. The van der Waals surface area contributed by atoms with E-state index in [0.717, 1.165) is 12.8 Å². The molecule has 0 N–H and O–H groups in total. The molecule has 0 saturated carbocycles. The van der Waals surface area contributed by atoms with Gasteiger partial charge in [-0.3, -0.25) is 0 Å². The molecule has 0 aliphatic heterocycles. The molecule has 2 heteroatoms. The fourth-order valence-electron chi connectivity index (χ4n) is 0.144. The summed E-state index contributed by atoms with van der Waals surface area (Å²) in [4.78, 5) is 0. The molecule has 0 aromatic carbocycles. The third-order valence-corrected chi connectivity index (χ3v) is 0.498. The molecular formula is C4H9OTi-. The Kier molecular flexibility index (Phi) is 15.1. The first-order chi connectivity index (χ1) is 2.41. The van der Waals surface area contributed by atoms with Crippen molar-refractivity contribution in [3.63, 3.8) is 0 Å². The normalized spacial score (nSPS) is 7.00. The SMILES string of the molecule is CCCC[O-].[Ti]. The number of rotatable bonds is 2. The van der Waals surface area contributed by atoms with Crippen molar-refractivity contribution in [2.24, 2.45) is 0 Å². The van der Waals surface area contributed by atoms with Crippen LogP contribution in [0.5, 0.6) is 0 Å². The Bertz CT molecular complexity index is 15.0. The standard InChI is InChI=1S/C4H9O.Ti/c1-2-3-4-5;/h2-4H2,1H3;/q-1;. The summed E-state index contributed by atoms with van der Waals surface area (Å²) in [6.07, 6.45) is 1.86. The summed E-state index contributed by atoms with van der Waals surface area (Å²) < 4.78 is 0. The number of unbranched alkanes of at least 4 members (excludes halogenated alkanes) is 1. The summed E-state index contributed by atoms with van der Waals surface area (Å²) >= 11 is 0. The molecule has 1 nitrogen and oxygen atoms in total. The summed E-state index contributed by atoms with van der Waals surface area (Å²) in [6.45, 7) is 2.11. The minimum Gasteiger partial charge on any atom is -0.854 e. The van der Waals surface area contributed by atoms with Crippen LogP contribution >= 0.6 is 0 Å². The average Bonchev–Trinajstić information content (AvgIpc) is 1.41. The Morgan fingerprint density at radius 3 is 2.00 bits per heavy atom. The van der Waals surface area contributed by atoms with Crippen LogP contribution in [0.4, 0.5) is 0 Å². The van der Waals surface area contributed by atoms with E-state index < -0.39 is 0 Å². The van der Waals surface area contributed by atoms with Crippen molar-refractivity contribution in [1.82, 2.24) is 0 Å². The van der Waals surface area contributed by atoms with Crippen molar-refractivity contribution in [3.8, 4) is 0 Å². The fraction of sp³-hybridized carbons (Fsp3) is 1.00. The van der Waals surface area contributed by atoms with E-state index in [9.17, 15) is 5.11 Å². The van der Waals surface area contributed by atoms with Crippen LogP contribution in [0.3, 0.4) is 0 Å². The van der Waals surface area contributed by atoms with Gasteiger partial charge < -0.3 is 5.11 Å². The molecule has 0 heterocycles. The van der Waals surface area contributed by atoms with Crippen LogP contribution in [0.25, 0.3) is 0 Å². The fourth-order valence-corrected chi connectivity index (χ4v) is 0.144. The summed E-state index contributed by atoms with van der Waals surface area (Å²) in [6, 6.07) is 0. The van der Waals surface area contributed by atoms with Crippen molar-refractivity contribution in [1.29, 1.82) is 0 Å². The zero-order chi connectivity index (χ0) is 4.12. The van der Waals surface area contributed by atoms with Crippen LogP contribution < -0.4 is 5.11 Å². The molecule has 6 heavy (non-hydrogen) atoms. The van der Waals surface area contributed by atoms with E-state index in [2.05, 4.69) is 0 Å². The molecular weight excluding hydrogens is 112 g/mol. The Balaban J connectivity index is 0. The van der Waals surface area contributed by atoms with Crippen LogP contribution in [0.1, 0.15) is 19.8 Å². The van der Waals surface area contributed by atoms with Crippen molar-refractivity contribution < 1.29 is 26.8 Å². The molecule has 36 valence electrons. The molecule has 0 aromatic heterocycles. The van der Waals surface area contributed by atoms with E-state index in [4.69, 9.17) is 0 Å². The predicted octanol–water partition coefficient (Wildman–Crippen LogP) is 0.144. The smallest absolute Gasteiger partial charge is 0 e. The van der Waals surface area contributed by atoms with Gasteiger partial charge in [-0.15, -0.1) is 6.61 Å². The Labute approximate surface area is 53.6 Å². The second-order valence-electron chi connectivity index (χ2n) is 1.06. The van der Waals surface area contributed by atoms with Gasteiger partial charge in [0.2, 0.25) is 0 Å². The van der Waals surface area contributed by atoms with E-state index >= 15 is 0 Å². The molecule has 0 atom stereocenters. The molecule has 0 amide bonds. The zero-order valence-electron chi connectivity index (χ0n) is 4.03. The van der Waals surface area contributed by atoms with Crippen LogP contribution in [0, 0.1) is 0 Å². The van der Waals surface area contributed by atoms with Crippen molar-refractivity contribution in [3.05, 3.63) is 0 Å². The van der Waals surface area contributed by atoms with Gasteiger partial charge in [0.05, 0.1) is 0 Å². The van der Waals surface area contributed by atoms with Gasteiger partial charge in [0.1, 0.15) is 0 Å². The van der Waals surface area contributed by atoms with E-state index in [0.29, 0.717) is 0 Å². The molecule has 0 bridgehead atoms. The van der Waals surface area contributed by atoms with Gasteiger partial charge in [-0.1, -0.05) is 19.8 Å². The molecule has 0 rings (SSSR count). The Morgan fingerprint density at radius 1 is 1.50 bits per heavy atom. The van der Waals surface area contributed by atoms with Crippen LogP contribution in [-0.2, 0) is 21.7 Å². The summed E-state index contributed by atoms with van der Waals surface area (Å²) in [5.41, 5.74) is 0. The van der Waals surface area contributed by atoms with E-state index in [1.165, 1.54) is 0 Å². The maximum Gasteiger partial charge on any atom is 0 e. The quantitative estimate of drug-likeness (QED) is 0.476. The number of hydrogen-bond donors (Lipinski definition) is 0. The van der Waals surface area contributed by atoms with Crippen LogP contribution in [-0.4, -0.2) is 6.61 Å². The van der Waals surface area contributed by atoms with Gasteiger partial charge in [0.25, 0.3) is 0 Å². The third-order valence-electron chi connectivity index (χ3n) is 0.498. The second-order valence-corrected chi connectivity index (χ2v) is 1.06. The van der Waals surface area contributed by atoms with Gasteiger partial charge in [-0.2, -0.15) is 0 Å². The maximum atomic E-state index is 9.53. The van der Waals surface area contributed by atoms with Gasteiger partial charge in [0, 0.05) is 21.7 Å². The number of hydrogen-bond acceptors (Lipinski definition) is 1. The first-order valence-electron chi connectivity index (χ1n) is 2.00. The van der Waals surface area contributed by atoms with Crippen molar-refractivity contribution in [2.75, 3.05) is 6.61 Å². The Morgan fingerprint density at radius 2 is 2.00 bits per heavy atom. The molecule has 0 fully saturated rings. The minimum absolute atomic E-state index is 0. The first-order valence-corrected chi connectivity index (χ1v) is 2.00. The predicted molar refractivity (Wildman–Crippen MR) is 19.8 cm³/mol. The third kappa shape index (κ3) is 8.82. The Hall–Kier alpha value is 0.674. The maximum absolute atomic E-state index is 9.53. The van der Waals surface area contributed by atoms with E-state index in [1.54, 1.807) is 0 Å². The van der Waals surface area contributed by atoms with Gasteiger partial charge in [-0.05, 0) is 0 Å². The van der Waals surface area contributed by atoms with Gasteiger partial charge in [0.15, 0.2) is 0 Å². The second kappa shape index (κ2) is 9.18. The average molecular weight is 121 g/mol. The van der Waals surface area contributed by atoms with E-state index in [1.807, 2.05) is 6.92 Å². The molecule has 0 unspecified atom stereocenters. The minimum atomic E-state index is 0. The molecule has 0 aliphatic rings. The van der Waals surface area contributed by atoms with Crippen LogP contribution in [0.2, 0.25) is 0 Å². The summed E-state index contributed by atoms with van der Waals surface area (Å²) in [5, 5.41) is 9.53. The summed E-state index contributed by atoms with van der Waals surface area (Å²) in [7, 11) is 0. The summed E-state index contributed by atoms with van der Waals surface area (Å²) in [5.74, 6) is 0. The molecule has 0 radical (unpaired) electrons. The van der Waals surface area contributed by atoms with Gasteiger partial charge >= 0.3 is 0 Å². The molecule has 0 aliphatic carbocycles. The van der Waals surface area contributed by atoms with Crippen LogP contribution in [0.15, 0.2) is 0 Å². The topological polar surface area (TPSA) is 23.1 Å². The monoisotopic (exact) mass is 121 g/mol. The largest absolute Gasteiger partial charge is 0.854 e. The molecule has 0 saturated heterocycles.